The van der Waals surface area contributed by atoms with Gasteiger partial charge in [-0.25, -0.2) is 0 Å². The number of fused-ring (bicyclic) bond motifs is 2. The first-order valence-electron chi connectivity index (χ1n) is 7.65. The van der Waals surface area contributed by atoms with Crippen molar-refractivity contribution in [2.24, 2.45) is 17.8 Å². The second-order valence-electron chi connectivity index (χ2n) is 6.26. The lowest BCUT2D eigenvalue weighted by Crippen LogP contribution is -2.19. The Morgan fingerprint density at radius 3 is 2.65 bits per heavy atom. The van der Waals surface area contributed by atoms with Crippen LogP contribution in [-0.4, -0.2) is 7.05 Å². The minimum atomic E-state index is 0.339. The molecule has 106 valence electrons. The van der Waals surface area contributed by atoms with E-state index >= 15 is 0 Å². The summed E-state index contributed by atoms with van der Waals surface area (Å²) in [7, 11) is 2.05. The number of benzene rings is 1. The Hall–Kier alpha value is -0.990. The van der Waals surface area contributed by atoms with E-state index in [1.807, 2.05) is 19.2 Å². The lowest BCUT2D eigenvalue weighted by molar-refractivity contribution is 0.396. The quantitative estimate of drug-likeness (QED) is 0.879. The predicted octanol–water partition coefficient (Wildman–Crippen LogP) is 4.78. The fraction of sp³-hybridized carbons (Fsp3) is 0.529. The number of hydrogen-bond acceptors (Lipinski definition) is 2. The van der Waals surface area contributed by atoms with Crippen molar-refractivity contribution < 1.29 is 4.42 Å². The van der Waals surface area contributed by atoms with Crippen LogP contribution in [0.5, 0.6) is 0 Å². The Bertz CT molecular complexity index is 623. The number of para-hydroxylation sites is 1. The lowest BCUT2D eigenvalue weighted by atomic mass is 10.0. The van der Waals surface area contributed by atoms with Crippen LogP contribution in [0.2, 0.25) is 5.02 Å². The highest BCUT2D eigenvalue weighted by Crippen LogP contribution is 2.60. The molecular weight excluding hydrogens is 270 g/mol. The monoisotopic (exact) mass is 289 g/mol. The van der Waals surface area contributed by atoms with Crippen LogP contribution in [0.3, 0.4) is 0 Å². The summed E-state index contributed by atoms with van der Waals surface area (Å²) in [4.78, 5) is 0. The zero-order chi connectivity index (χ0) is 13.7. The molecule has 0 spiro atoms. The van der Waals surface area contributed by atoms with Crippen LogP contribution in [-0.2, 0) is 0 Å². The molecule has 2 aliphatic carbocycles. The second-order valence-corrected chi connectivity index (χ2v) is 6.67. The van der Waals surface area contributed by atoms with Crippen LogP contribution in [0, 0.1) is 17.8 Å². The number of halogens is 1. The lowest BCUT2D eigenvalue weighted by Gasteiger charge is -2.13. The van der Waals surface area contributed by atoms with Crippen molar-refractivity contribution in [2.45, 2.75) is 31.7 Å². The van der Waals surface area contributed by atoms with Gasteiger partial charge in [-0.3, -0.25) is 0 Å². The number of hydrogen-bond donors (Lipinski definition) is 1. The topological polar surface area (TPSA) is 25.2 Å². The molecule has 1 aromatic heterocycles. The van der Waals surface area contributed by atoms with E-state index < -0.39 is 0 Å². The third-order valence-corrected chi connectivity index (χ3v) is 5.54. The summed E-state index contributed by atoms with van der Waals surface area (Å²) in [6.45, 7) is 0. The van der Waals surface area contributed by atoms with Gasteiger partial charge in [0.25, 0.3) is 0 Å². The molecule has 0 amide bonds. The predicted molar refractivity (Wildman–Crippen MR) is 82.0 cm³/mol. The molecule has 2 fully saturated rings. The summed E-state index contributed by atoms with van der Waals surface area (Å²) in [6, 6.07) is 8.44. The highest BCUT2D eigenvalue weighted by Gasteiger charge is 2.54. The molecule has 2 aliphatic rings. The first-order chi connectivity index (χ1) is 9.79. The van der Waals surface area contributed by atoms with Gasteiger partial charge in [-0.1, -0.05) is 36.6 Å². The Labute approximate surface area is 124 Å². The molecule has 20 heavy (non-hydrogen) atoms. The maximum Gasteiger partial charge on any atom is 0.152 e. The molecule has 0 saturated heterocycles. The standard InChI is InChI=1S/C17H20ClNO/c1-19-16(15-11-6-2-3-7-12(11)15)14-9-10-5-4-8-13(18)17(10)20-14/h4-5,8-9,11-12,15-16,19H,2-3,6-7H2,1H3. The molecule has 3 atom stereocenters. The Morgan fingerprint density at radius 1 is 1.25 bits per heavy atom. The van der Waals surface area contributed by atoms with Crippen LogP contribution < -0.4 is 5.32 Å². The summed E-state index contributed by atoms with van der Waals surface area (Å²) < 4.78 is 6.06. The van der Waals surface area contributed by atoms with Gasteiger partial charge >= 0.3 is 0 Å². The molecule has 2 nitrogen and oxygen atoms in total. The molecule has 4 rings (SSSR count). The molecular formula is C17H20ClNO. The van der Waals surface area contributed by atoms with Gasteiger partial charge in [0, 0.05) is 5.39 Å². The zero-order valence-corrected chi connectivity index (χ0v) is 12.5. The average molecular weight is 290 g/mol. The fourth-order valence-electron chi connectivity index (χ4n) is 4.27. The minimum Gasteiger partial charge on any atom is -0.458 e. The van der Waals surface area contributed by atoms with Gasteiger partial charge < -0.3 is 9.73 Å². The molecule has 3 heteroatoms. The molecule has 1 aromatic carbocycles. The van der Waals surface area contributed by atoms with Crippen LogP contribution in [0.15, 0.2) is 28.7 Å². The molecule has 2 aromatic rings. The summed E-state index contributed by atoms with van der Waals surface area (Å²) in [6.07, 6.45) is 5.60. The van der Waals surface area contributed by atoms with Crippen molar-refractivity contribution in [3.8, 4) is 0 Å². The van der Waals surface area contributed by atoms with E-state index in [1.165, 1.54) is 25.7 Å². The van der Waals surface area contributed by atoms with E-state index in [0.717, 1.165) is 34.5 Å². The third-order valence-electron chi connectivity index (χ3n) is 5.24. The van der Waals surface area contributed by atoms with Gasteiger partial charge in [0.05, 0.1) is 11.1 Å². The second kappa shape index (κ2) is 4.78. The normalized spacial score (nSPS) is 30.2. The number of furan rings is 1. The molecule has 0 radical (unpaired) electrons. The summed E-state index contributed by atoms with van der Waals surface area (Å²) in [5.41, 5.74) is 0.827. The summed E-state index contributed by atoms with van der Waals surface area (Å²) in [5.74, 6) is 3.62. The third kappa shape index (κ3) is 1.89. The van der Waals surface area contributed by atoms with Gasteiger partial charge in [0.1, 0.15) is 5.76 Å². The maximum absolute atomic E-state index is 6.22. The van der Waals surface area contributed by atoms with Crippen LogP contribution in [0.1, 0.15) is 37.5 Å². The highest BCUT2D eigenvalue weighted by atomic mass is 35.5. The first kappa shape index (κ1) is 12.7. The zero-order valence-electron chi connectivity index (χ0n) is 11.7. The first-order valence-corrected chi connectivity index (χ1v) is 8.02. The van der Waals surface area contributed by atoms with Gasteiger partial charge in [-0.05, 0) is 49.8 Å². The molecule has 3 unspecified atom stereocenters. The Kier molecular flexibility index (Phi) is 3.04. The van der Waals surface area contributed by atoms with Crippen LogP contribution >= 0.6 is 11.6 Å². The smallest absolute Gasteiger partial charge is 0.152 e. The maximum atomic E-state index is 6.22. The van der Waals surface area contributed by atoms with Crippen molar-refractivity contribution in [3.05, 3.63) is 35.0 Å². The number of nitrogens with one attached hydrogen (secondary N) is 1. The SMILES string of the molecule is CNC(c1cc2cccc(Cl)c2o1)C1C2CCCCC21. The Morgan fingerprint density at radius 2 is 2.00 bits per heavy atom. The Balaban J connectivity index is 1.68. The van der Waals surface area contributed by atoms with Crippen molar-refractivity contribution in [1.29, 1.82) is 0 Å². The van der Waals surface area contributed by atoms with E-state index in [2.05, 4.69) is 17.4 Å². The average Bonchev–Trinajstić information content (AvgIpc) is 3.00. The van der Waals surface area contributed by atoms with E-state index in [1.54, 1.807) is 0 Å². The van der Waals surface area contributed by atoms with Gasteiger partial charge in [-0.15, -0.1) is 0 Å². The van der Waals surface area contributed by atoms with E-state index in [-0.39, 0.29) is 0 Å². The molecule has 2 saturated carbocycles. The van der Waals surface area contributed by atoms with Crippen molar-refractivity contribution in [2.75, 3.05) is 7.05 Å². The summed E-state index contributed by atoms with van der Waals surface area (Å²) in [5, 5.41) is 5.29. The van der Waals surface area contributed by atoms with Crippen LogP contribution in [0.4, 0.5) is 0 Å². The van der Waals surface area contributed by atoms with E-state index in [0.29, 0.717) is 11.1 Å². The largest absolute Gasteiger partial charge is 0.458 e. The fourth-order valence-corrected chi connectivity index (χ4v) is 4.49. The summed E-state index contributed by atoms with van der Waals surface area (Å²) >= 11 is 6.22. The van der Waals surface area contributed by atoms with Gasteiger partial charge in [0.15, 0.2) is 5.58 Å². The molecule has 1 N–H and O–H groups in total. The van der Waals surface area contributed by atoms with Crippen molar-refractivity contribution >= 4 is 22.6 Å². The van der Waals surface area contributed by atoms with Gasteiger partial charge in [0.2, 0.25) is 0 Å². The molecule has 1 heterocycles. The number of rotatable bonds is 3. The highest BCUT2D eigenvalue weighted by molar-refractivity contribution is 6.34. The van der Waals surface area contributed by atoms with Crippen LogP contribution in [0.25, 0.3) is 11.0 Å². The van der Waals surface area contributed by atoms with E-state index in [9.17, 15) is 0 Å². The minimum absolute atomic E-state index is 0.339. The van der Waals surface area contributed by atoms with Crippen molar-refractivity contribution in [1.82, 2.24) is 5.32 Å². The van der Waals surface area contributed by atoms with E-state index in [4.69, 9.17) is 16.0 Å². The van der Waals surface area contributed by atoms with Gasteiger partial charge in [-0.2, -0.15) is 0 Å². The van der Waals surface area contributed by atoms with Crippen molar-refractivity contribution in [3.63, 3.8) is 0 Å². The molecule has 0 aliphatic heterocycles. The molecule has 0 bridgehead atoms.